The van der Waals surface area contributed by atoms with E-state index in [2.05, 4.69) is 116 Å². The van der Waals surface area contributed by atoms with Gasteiger partial charge in [0.05, 0.1) is 29.0 Å². The number of carboxylic acids is 1. The van der Waals surface area contributed by atoms with Crippen LogP contribution < -0.4 is 0 Å². The van der Waals surface area contributed by atoms with Gasteiger partial charge < -0.3 is 19.6 Å². The molecule has 14 nitrogen and oxygen atoms in total. The normalized spacial score (nSPS) is 14.2. The van der Waals surface area contributed by atoms with E-state index in [0.717, 1.165) is 142 Å². The summed E-state index contributed by atoms with van der Waals surface area (Å²) in [6, 6.07) is 25.3. The van der Waals surface area contributed by atoms with Crippen LogP contribution in [0.4, 0.5) is 0 Å². The van der Waals surface area contributed by atoms with Crippen LogP contribution in [0.3, 0.4) is 0 Å². The molecule has 8 aromatic rings. The summed E-state index contributed by atoms with van der Waals surface area (Å²) < 4.78 is 9.06. The Morgan fingerprint density at radius 1 is 0.518 bits per heavy atom. The molecule has 14 heteroatoms. The molecule has 0 saturated heterocycles. The van der Waals surface area contributed by atoms with Gasteiger partial charge in [0.1, 0.15) is 11.0 Å². The van der Waals surface area contributed by atoms with Crippen molar-refractivity contribution < 1.29 is 29.0 Å². The molecule has 4 heterocycles. The lowest BCUT2D eigenvalue weighted by atomic mass is 9.69. The van der Waals surface area contributed by atoms with Gasteiger partial charge in [0.25, 0.3) is 11.8 Å². The van der Waals surface area contributed by atoms with Gasteiger partial charge in [-0.2, -0.15) is 0 Å². The average Bonchev–Trinajstić information content (AvgIpc) is 4.19. The summed E-state index contributed by atoms with van der Waals surface area (Å²) in [4.78, 5) is 57.6. The van der Waals surface area contributed by atoms with Gasteiger partial charge in [0.2, 0.25) is 0 Å². The maximum absolute atomic E-state index is 13.9. The first-order valence-electron chi connectivity index (χ1n) is 29.2. The van der Waals surface area contributed by atoms with Crippen LogP contribution in [-0.4, -0.2) is 88.8 Å². The largest absolute Gasteiger partial charge is 0.481 e. The summed E-state index contributed by atoms with van der Waals surface area (Å²) in [6.45, 7) is 35.8. The minimum absolute atomic E-state index is 0.0607. The van der Waals surface area contributed by atoms with E-state index in [1.807, 2.05) is 93.6 Å². The van der Waals surface area contributed by atoms with Crippen molar-refractivity contribution in [3.63, 3.8) is 0 Å². The molecule has 2 aromatic heterocycles. The summed E-state index contributed by atoms with van der Waals surface area (Å²) >= 11 is 0. The third-order valence-corrected chi connectivity index (χ3v) is 18.8. The number of rotatable bonds is 12. The molecule has 83 heavy (non-hydrogen) atoms. The van der Waals surface area contributed by atoms with Crippen molar-refractivity contribution in [2.45, 2.75) is 162 Å². The second-order valence-electron chi connectivity index (χ2n) is 24.5. The molecule has 2 amide bonds. The summed E-state index contributed by atoms with van der Waals surface area (Å²) in [5, 5.41) is 27.9. The van der Waals surface area contributed by atoms with Gasteiger partial charge >= 0.3 is 11.9 Å². The lowest BCUT2D eigenvalue weighted by Gasteiger charge is -2.35. The van der Waals surface area contributed by atoms with Gasteiger partial charge in [-0.3, -0.25) is 19.2 Å². The second kappa shape index (κ2) is 23.0. The van der Waals surface area contributed by atoms with Gasteiger partial charge in [-0.25, -0.2) is 9.36 Å². The second-order valence-corrected chi connectivity index (χ2v) is 24.5. The molecule has 434 valence electrons. The number of carboxylic acid groups (broad SMARTS) is 1. The summed E-state index contributed by atoms with van der Waals surface area (Å²) in [7, 11) is 1.44. The fourth-order valence-electron chi connectivity index (χ4n) is 13.2. The number of hydrogen-bond donors (Lipinski definition) is 1. The Labute approximate surface area is 489 Å². The summed E-state index contributed by atoms with van der Waals surface area (Å²) in [5.74, 6) is -1.71. The van der Waals surface area contributed by atoms with E-state index in [1.165, 1.54) is 18.2 Å². The lowest BCUT2D eigenvalue weighted by Crippen LogP contribution is -2.37. The van der Waals surface area contributed by atoms with Crippen molar-refractivity contribution in [2.24, 2.45) is 10.8 Å². The molecule has 0 aliphatic carbocycles. The number of esters is 1. The van der Waals surface area contributed by atoms with Gasteiger partial charge in [0, 0.05) is 62.2 Å². The van der Waals surface area contributed by atoms with Gasteiger partial charge in [-0.15, -0.1) is 10.2 Å². The predicted molar refractivity (Wildman–Crippen MR) is 327 cm³/mol. The van der Waals surface area contributed by atoms with Crippen molar-refractivity contribution in [3.05, 3.63) is 184 Å². The van der Waals surface area contributed by atoms with E-state index in [4.69, 9.17) is 4.74 Å². The number of ether oxygens (including phenoxy) is 1. The molecule has 0 spiro atoms. The number of carbonyl (C=O) groups excluding carboxylic acids is 3. The Balaban J connectivity index is 0.000000200. The van der Waals surface area contributed by atoms with Crippen LogP contribution in [0.15, 0.2) is 72.8 Å². The molecular weight excluding hydrogens is 1040 g/mol. The number of fused-ring (bicyclic) bond motifs is 4. The minimum Gasteiger partial charge on any atom is -0.481 e. The van der Waals surface area contributed by atoms with Crippen LogP contribution >= 0.6 is 0 Å². The monoisotopic (exact) mass is 1120 g/mol. The minimum atomic E-state index is -1.09. The Bertz CT molecular complexity index is 3870. The molecule has 0 radical (unpaired) electrons. The zero-order valence-electron chi connectivity index (χ0n) is 51.8. The molecule has 0 saturated carbocycles. The third-order valence-electron chi connectivity index (χ3n) is 18.8. The number of aliphatic carboxylic acids is 1. The average molecular weight is 1120 g/mol. The number of aryl methyl sites for hydroxylation is 8. The van der Waals surface area contributed by atoms with E-state index in [9.17, 15) is 24.3 Å². The molecule has 10 rings (SSSR count). The van der Waals surface area contributed by atoms with Gasteiger partial charge in [-0.05, 0) is 236 Å². The highest BCUT2D eigenvalue weighted by Crippen LogP contribution is 2.47. The molecule has 2 atom stereocenters. The highest BCUT2D eigenvalue weighted by atomic mass is 16.5. The molecule has 0 fully saturated rings. The van der Waals surface area contributed by atoms with E-state index in [-0.39, 0.29) is 23.7 Å². The molecule has 2 aliphatic heterocycles. The van der Waals surface area contributed by atoms with Crippen molar-refractivity contribution in [3.8, 4) is 0 Å². The zero-order chi connectivity index (χ0) is 60.3. The first kappa shape index (κ1) is 59.6. The molecule has 1 N–H and O–H groups in total. The van der Waals surface area contributed by atoms with Crippen LogP contribution in [0, 0.1) is 80.1 Å². The van der Waals surface area contributed by atoms with Gasteiger partial charge in [-0.1, -0.05) is 71.1 Å². The Hall–Kier alpha value is -8.00. The molecule has 2 aliphatic rings. The lowest BCUT2D eigenvalue weighted by molar-refractivity contribution is -0.151. The van der Waals surface area contributed by atoms with E-state index >= 15 is 0 Å². The third kappa shape index (κ3) is 10.6. The Morgan fingerprint density at radius 2 is 0.892 bits per heavy atom. The fraction of sp³-hybridized carbons (Fsp3) is 0.420. The Morgan fingerprint density at radius 3 is 1.24 bits per heavy atom. The quantitative estimate of drug-likeness (QED) is 0.116. The van der Waals surface area contributed by atoms with Crippen LogP contribution in [0.1, 0.15) is 174 Å². The number of carbonyl (C=O) groups is 4. The topological polar surface area (TPSA) is 166 Å². The van der Waals surface area contributed by atoms with E-state index < -0.39 is 22.7 Å². The van der Waals surface area contributed by atoms with Crippen LogP contribution in [0.2, 0.25) is 0 Å². The standard InChI is InChI=1S/C35H42N4O3.C34H40N4O3/c1-10-39-29-14-13-28(24(6)32(29)36-37-39)31(35(7,8)34(41)42-9)26-12-11-25-15-16-38(19-27(25)18-26)33(40)30-22(4)20(2)17-21(3)23(30)5;1-9-38-28-13-12-27(23(6)31(28)35-36-38)30(34(7,8)33(40)41)25-11-10-24-14-15-37(18-26(24)17-25)32(39)29-21(4)19(2)16-20(3)22(29)5/h11-14,17-18,31H,10,15-16,19H2,1-9H3;10-13,16-17,30H,9,14-15,18H2,1-8H3,(H,40,41)/t31-;30-/m00/s1. The maximum Gasteiger partial charge on any atom is 0.312 e. The van der Waals surface area contributed by atoms with Crippen LogP contribution in [0.5, 0.6) is 0 Å². The maximum atomic E-state index is 13.9. The predicted octanol–water partition coefficient (Wildman–Crippen LogP) is 13.0. The number of methoxy groups -OCH3 is 1. The smallest absolute Gasteiger partial charge is 0.312 e. The number of benzene rings is 6. The zero-order valence-corrected chi connectivity index (χ0v) is 51.8. The van der Waals surface area contributed by atoms with Gasteiger partial charge in [0.15, 0.2) is 0 Å². The SMILES string of the molecule is CCn1nnc2c(C)c([C@H](c3ccc4c(c3)CN(C(=O)c3c(C)c(C)cc(C)c3C)CC4)C(C)(C)C(=O)O)ccc21.CCn1nnc2c(C)c([C@H](c3ccc4c(c3)CN(C(=O)c3c(C)c(C)cc(C)c3C)CC4)C(C)(C)C(=O)OC)ccc21. The highest BCUT2D eigenvalue weighted by Gasteiger charge is 2.43. The fourth-order valence-corrected chi connectivity index (χ4v) is 13.2. The molecule has 0 unspecified atom stereocenters. The number of hydrogen-bond acceptors (Lipinski definition) is 9. The van der Waals surface area contributed by atoms with Crippen molar-refractivity contribution in [1.29, 1.82) is 0 Å². The molecular formula is C69H82N8O6. The summed E-state index contributed by atoms with van der Waals surface area (Å²) in [6.07, 6.45) is 1.56. The van der Waals surface area contributed by atoms with E-state index in [1.54, 1.807) is 13.8 Å². The summed E-state index contributed by atoms with van der Waals surface area (Å²) in [5.41, 5.74) is 22.4. The first-order chi connectivity index (χ1) is 39.3. The van der Waals surface area contributed by atoms with Crippen molar-refractivity contribution in [1.82, 2.24) is 39.8 Å². The van der Waals surface area contributed by atoms with Crippen LogP contribution in [0.25, 0.3) is 22.1 Å². The first-order valence-corrected chi connectivity index (χ1v) is 29.2. The number of aromatic nitrogens is 6. The number of amides is 2. The Kier molecular flexibility index (Phi) is 16.5. The molecule has 6 aromatic carbocycles. The van der Waals surface area contributed by atoms with E-state index in [0.29, 0.717) is 32.7 Å². The van der Waals surface area contributed by atoms with Crippen molar-refractivity contribution >= 4 is 45.8 Å². The number of nitrogens with zero attached hydrogens (tertiary/aromatic N) is 8. The highest BCUT2D eigenvalue weighted by molar-refractivity contribution is 5.99. The van der Waals surface area contributed by atoms with Crippen LogP contribution in [-0.2, 0) is 53.3 Å². The molecule has 0 bridgehead atoms. The van der Waals surface area contributed by atoms with Crippen molar-refractivity contribution in [2.75, 3.05) is 20.2 Å².